The Labute approximate surface area is 79.4 Å². The van der Waals surface area contributed by atoms with Gasteiger partial charge in [-0.25, -0.2) is 0 Å². The third-order valence-corrected chi connectivity index (χ3v) is 1.66. The minimum absolute atomic E-state index is 0.0723. The molecule has 1 aromatic carbocycles. The average molecular weight is 190 g/mol. The molecule has 70 valence electrons. The van der Waals surface area contributed by atoms with Crippen molar-refractivity contribution in [2.45, 2.75) is 0 Å². The van der Waals surface area contributed by atoms with Crippen molar-refractivity contribution in [3.05, 3.63) is 51.8 Å². The van der Waals surface area contributed by atoms with E-state index in [-0.39, 0.29) is 11.3 Å². The molecule has 0 aliphatic carbocycles. The Bertz CT molecular complexity index is 356. The zero-order chi connectivity index (χ0) is 10.6. The second kappa shape index (κ2) is 4.18. The SMILES string of the molecule is C=C(N=O)c1ccc(C(=O)N=O)cc1. The van der Waals surface area contributed by atoms with E-state index in [2.05, 4.69) is 16.9 Å². The number of nitroso groups, excluding NO2 is 2. The zero-order valence-corrected chi connectivity index (χ0v) is 7.14. The molecule has 0 saturated heterocycles. The third-order valence-electron chi connectivity index (χ3n) is 1.66. The molecule has 0 radical (unpaired) electrons. The molecule has 0 aromatic heterocycles. The topological polar surface area (TPSA) is 75.9 Å². The molecule has 0 saturated carbocycles. The first-order chi connectivity index (χ1) is 6.69. The van der Waals surface area contributed by atoms with Crippen LogP contribution in [0.3, 0.4) is 0 Å². The van der Waals surface area contributed by atoms with E-state index in [4.69, 9.17) is 0 Å². The van der Waals surface area contributed by atoms with Crippen molar-refractivity contribution in [2.24, 2.45) is 10.4 Å². The molecule has 0 heterocycles. The lowest BCUT2D eigenvalue weighted by Gasteiger charge is -1.97. The maximum absolute atomic E-state index is 10.8. The Morgan fingerprint density at radius 1 is 1.00 bits per heavy atom. The zero-order valence-electron chi connectivity index (χ0n) is 7.14. The molecule has 0 N–H and O–H groups in total. The van der Waals surface area contributed by atoms with Crippen LogP contribution in [0, 0.1) is 9.81 Å². The molecule has 0 aliphatic rings. The van der Waals surface area contributed by atoms with Crippen LogP contribution in [0.25, 0.3) is 5.70 Å². The summed E-state index contributed by atoms with van der Waals surface area (Å²) in [7, 11) is 0. The number of benzene rings is 1. The van der Waals surface area contributed by atoms with Gasteiger partial charge in [-0.2, -0.15) is 0 Å². The molecular formula is C9H6N2O3. The lowest BCUT2D eigenvalue weighted by Crippen LogP contribution is -1.92. The maximum atomic E-state index is 10.8. The number of rotatable bonds is 3. The van der Waals surface area contributed by atoms with Crippen molar-refractivity contribution in [3.8, 4) is 0 Å². The van der Waals surface area contributed by atoms with E-state index >= 15 is 0 Å². The minimum atomic E-state index is -0.846. The van der Waals surface area contributed by atoms with E-state index in [9.17, 15) is 14.6 Å². The van der Waals surface area contributed by atoms with Crippen LogP contribution in [0.4, 0.5) is 0 Å². The molecule has 0 aliphatic heterocycles. The predicted molar refractivity (Wildman–Crippen MR) is 51.4 cm³/mol. The van der Waals surface area contributed by atoms with Crippen LogP contribution in [0.15, 0.2) is 41.2 Å². The van der Waals surface area contributed by atoms with Crippen LogP contribution in [0.2, 0.25) is 0 Å². The summed E-state index contributed by atoms with van der Waals surface area (Å²) >= 11 is 0. The molecule has 5 heteroatoms. The fraction of sp³-hybridized carbons (Fsp3) is 0. The third kappa shape index (κ3) is 1.95. The van der Waals surface area contributed by atoms with Crippen LogP contribution in [0.1, 0.15) is 15.9 Å². The smallest absolute Gasteiger partial charge is 0.263 e. The number of hydrogen-bond acceptors (Lipinski definition) is 4. The highest BCUT2D eigenvalue weighted by Gasteiger charge is 2.05. The van der Waals surface area contributed by atoms with Crippen LogP contribution >= 0.6 is 0 Å². The van der Waals surface area contributed by atoms with Crippen LogP contribution in [0.5, 0.6) is 0 Å². The second-order valence-electron chi connectivity index (χ2n) is 2.51. The standard InChI is InChI=1S/C9H6N2O3/c1-6(10-13)7-2-4-8(5-3-7)9(12)11-14/h2-5H,1H2. The Hall–Kier alpha value is -2.17. The van der Waals surface area contributed by atoms with Gasteiger partial charge in [-0.05, 0) is 17.3 Å². The van der Waals surface area contributed by atoms with Gasteiger partial charge >= 0.3 is 5.91 Å². The first-order valence-electron chi connectivity index (χ1n) is 3.69. The van der Waals surface area contributed by atoms with Gasteiger partial charge in [-0.1, -0.05) is 18.7 Å². The van der Waals surface area contributed by atoms with Gasteiger partial charge in [0.2, 0.25) is 0 Å². The van der Waals surface area contributed by atoms with E-state index in [1.54, 1.807) is 0 Å². The van der Waals surface area contributed by atoms with E-state index < -0.39 is 5.91 Å². The fourth-order valence-electron chi connectivity index (χ4n) is 0.911. The minimum Gasteiger partial charge on any atom is -0.263 e. The second-order valence-corrected chi connectivity index (χ2v) is 2.51. The van der Waals surface area contributed by atoms with Gasteiger partial charge in [0.25, 0.3) is 0 Å². The predicted octanol–water partition coefficient (Wildman–Crippen LogP) is 2.33. The largest absolute Gasteiger partial charge is 0.316 e. The number of hydrogen-bond donors (Lipinski definition) is 0. The molecular weight excluding hydrogens is 184 g/mol. The summed E-state index contributed by atoms with van der Waals surface area (Å²) < 4.78 is 0. The van der Waals surface area contributed by atoms with Gasteiger partial charge in [0.15, 0.2) is 0 Å². The fourth-order valence-corrected chi connectivity index (χ4v) is 0.911. The molecule has 1 aromatic rings. The van der Waals surface area contributed by atoms with E-state index in [1.807, 2.05) is 0 Å². The van der Waals surface area contributed by atoms with E-state index in [0.717, 1.165) is 0 Å². The Morgan fingerprint density at radius 2 is 1.50 bits per heavy atom. The summed E-state index contributed by atoms with van der Waals surface area (Å²) in [6, 6.07) is 5.72. The Morgan fingerprint density at radius 3 is 1.93 bits per heavy atom. The molecule has 0 bridgehead atoms. The molecule has 1 rings (SSSR count). The lowest BCUT2D eigenvalue weighted by molar-refractivity contribution is 0.100. The van der Waals surface area contributed by atoms with Crippen molar-refractivity contribution in [1.29, 1.82) is 0 Å². The van der Waals surface area contributed by atoms with Crippen molar-refractivity contribution in [2.75, 3.05) is 0 Å². The Kier molecular flexibility index (Phi) is 2.96. The summed E-state index contributed by atoms with van der Waals surface area (Å²) in [5, 5.41) is 4.90. The normalized spacial score (nSPS) is 9.14. The summed E-state index contributed by atoms with van der Waals surface area (Å²) in [4.78, 5) is 30.8. The highest BCUT2D eigenvalue weighted by atomic mass is 16.3. The highest BCUT2D eigenvalue weighted by molar-refractivity contribution is 5.95. The van der Waals surface area contributed by atoms with E-state index in [0.29, 0.717) is 5.56 Å². The van der Waals surface area contributed by atoms with Gasteiger partial charge < -0.3 is 0 Å². The number of carbonyl (C=O) groups is 1. The summed E-state index contributed by atoms with van der Waals surface area (Å²) in [6.45, 7) is 3.39. The molecule has 0 fully saturated rings. The lowest BCUT2D eigenvalue weighted by atomic mass is 10.1. The summed E-state index contributed by atoms with van der Waals surface area (Å²) in [5.74, 6) is -0.846. The van der Waals surface area contributed by atoms with Gasteiger partial charge in [0.1, 0.15) is 5.70 Å². The van der Waals surface area contributed by atoms with Gasteiger partial charge in [-0.3, -0.25) is 4.79 Å². The summed E-state index contributed by atoms with van der Waals surface area (Å²) in [6.07, 6.45) is 0. The molecule has 14 heavy (non-hydrogen) atoms. The van der Waals surface area contributed by atoms with Crippen LogP contribution < -0.4 is 0 Å². The number of amides is 1. The molecule has 0 unspecified atom stereocenters. The monoisotopic (exact) mass is 190 g/mol. The van der Waals surface area contributed by atoms with Crippen molar-refractivity contribution in [3.63, 3.8) is 0 Å². The first kappa shape index (κ1) is 9.91. The van der Waals surface area contributed by atoms with Crippen LogP contribution in [-0.2, 0) is 0 Å². The molecule has 5 nitrogen and oxygen atoms in total. The van der Waals surface area contributed by atoms with Gasteiger partial charge in [0, 0.05) is 16.3 Å². The van der Waals surface area contributed by atoms with Crippen molar-refractivity contribution >= 4 is 11.6 Å². The van der Waals surface area contributed by atoms with Gasteiger partial charge in [0.05, 0.1) is 0 Å². The average Bonchev–Trinajstić information content (AvgIpc) is 2.27. The molecule has 1 amide bonds. The molecule has 0 atom stereocenters. The van der Waals surface area contributed by atoms with E-state index in [1.165, 1.54) is 24.3 Å². The van der Waals surface area contributed by atoms with Crippen molar-refractivity contribution in [1.82, 2.24) is 0 Å². The Balaban J connectivity index is 2.99. The molecule has 0 spiro atoms. The maximum Gasteiger partial charge on any atom is 0.316 e. The summed E-state index contributed by atoms with van der Waals surface area (Å²) in [5.41, 5.74) is 0.743. The first-order valence-corrected chi connectivity index (χ1v) is 3.69. The number of carbonyl (C=O) groups excluding carboxylic acids is 1. The quantitative estimate of drug-likeness (QED) is 0.686. The van der Waals surface area contributed by atoms with Crippen LogP contribution in [-0.4, -0.2) is 5.91 Å². The number of nitrogens with zero attached hydrogens (tertiary/aromatic N) is 2. The van der Waals surface area contributed by atoms with Crippen molar-refractivity contribution < 1.29 is 4.79 Å². The van der Waals surface area contributed by atoms with Gasteiger partial charge in [-0.15, -0.1) is 9.81 Å². The highest BCUT2D eigenvalue weighted by Crippen LogP contribution is 2.14.